The molecule has 0 aliphatic heterocycles. The molecule has 2 aromatic rings. The van der Waals surface area contributed by atoms with Gasteiger partial charge in [0.2, 0.25) is 11.8 Å². The predicted octanol–water partition coefficient (Wildman–Crippen LogP) is 4.62. The van der Waals surface area contributed by atoms with E-state index in [0.29, 0.717) is 29.8 Å². The molecule has 27 heavy (non-hydrogen) atoms. The van der Waals surface area contributed by atoms with Crippen LogP contribution in [0.4, 0.5) is 20.2 Å². The Labute approximate surface area is 157 Å². The molecule has 0 atom stereocenters. The van der Waals surface area contributed by atoms with Gasteiger partial charge in [-0.1, -0.05) is 20.8 Å². The highest BCUT2D eigenvalue weighted by Crippen LogP contribution is 2.47. The quantitative estimate of drug-likeness (QED) is 0.770. The lowest BCUT2D eigenvalue weighted by molar-refractivity contribution is -0.131. The summed E-state index contributed by atoms with van der Waals surface area (Å²) in [7, 11) is 0. The van der Waals surface area contributed by atoms with Gasteiger partial charge >= 0.3 is 0 Å². The maximum atomic E-state index is 14.0. The van der Waals surface area contributed by atoms with Crippen molar-refractivity contribution in [3.05, 3.63) is 59.7 Å². The summed E-state index contributed by atoms with van der Waals surface area (Å²) in [6, 6.07) is 9.75. The minimum absolute atomic E-state index is 0.337. The lowest BCUT2D eigenvalue weighted by Crippen LogP contribution is -2.35. The Morgan fingerprint density at radius 2 is 1.41 bits per heavy atom. The first-order chi connectivity index (χ1) is 12.6. The third-order valence-corrected chi connectivity index (χ3v) is 4.75. The summed E-state index contributed by atoms with van der Waals surface area (Å²) in [5.74, 6) is -1.59. The number of carbonyl (C=O) groups is 2. The fraction of sp³-hybridized carbons (Fsp3) is 0.333. The van der Waals surface area contributed by atoms with Gasteiger partial charge in [0.25, 0.3) is 0 Å². The molecule has 142 valence electrons. The van der Waals surface area contributed by atoms with Crippen molar-refractivity contribution in [1.29, 1.82) is 0 Å². The van der Waals surface area contributed by atoms with Gasteiger partial charge < -0.3 is 10.6 Å². The van der Waals surface area contributed by atoms with Crippen LogP contribution in [-0.4, -0.2) is 11.8 Å². The second-order valence-corrected chi connectivity index (χ2v) is 7.94. The summed E-state index contributed by atoms with van der Waals surface area (Å²) in [5.41, 5.74) is -0.197. The van der Waals surface area contributed by atoms with Gasteiger partial charge in [0.1, 0.15) is 17.0 Å². The minimum Gasteiger partial charge on any atom is -0.325 e. The fourth-order valence-corrected chi connectivity index (χ4v) is 2.89. The standard InChI is InChI=1S/C21H22F2N2O2/c1-20(2,3)16-12-15(8-9-17(16)23)25-19(27)21(10-11-21)18(26)24-14-6-4-13(22)5-7-14/h4-9,12H,10-11H2,1-3H3,(H,24,26)(H,25,27). The minimum atomic E-state index is -1.15. The molecule has 1 fully saturated rings. The van der Waals surface area contributed by atoms with E-state index in [1.165, 1.54) is 36.4 Å². The molecule has 0 spiro atoms. The molecule has 1 aliphatic carbocycles. The lowest BCUT2D eigenvalue weighted by Gasteiger charge is -2.21. The highest BCUT2D eigenvalue weighted by molar-refractivity contribution is 6.16. The van der Waals surface area contributed by atoms with E-state index in [0.717, 1.165) is 0 Å². The van der Waals surface area contributed by atoms with Gasteiger partial charge in [0.15, 0.2) is 0 Å². The van der Waals surface area contributed by atoms with Crippen molar-refractivity contribution in [1.82, 2.24) is 0 Å². The van der Waals surface area contributed by atoms with E-state index in [1.807, 2.05) is 20.8 Å². The molecule has 0 bridgehead atoms. The summed E-state index contributed by atoms with van der Waals surface area (Å²) >= 11 is 0. The molecule has 0 radical (unpaired) electrons. The number of anilines is 2. The number of halogens is 2. The Hall–Kier alpha value is -2.76. The maximum Gasteiger partial charge on any atom is 0.240 e. The molecular formula is C21H22F2N2O2. The van der Waals surface area contributed by atoms with Crippen molar-refractivity contribution in [2.24, 2.45) is 5.41 Å². The van der Waals surface area contributed by atoms with E-state index < -0.39 is 28.5 Å². The number of benzene rings is 2. The van der Waals surface area contributed by atoms with Crippen molar-refractivity contribution in [3.8, 4) is 0 Å². The topological polar surface area (TPSA) is 58.2 Å². The second kappa shape index (κ2) is 6.76. The fourth-order valence-electron chi connectivity index (χ4n) is 2.89. The molecule has 0 heterocycles. The van der Waals surface area contributed by atoms with Crippen LogP contribution in [0, 0.1) is 17.0 Å². The Morgan fingerprint density at radius 1 is 0.889 bits per heavy atom. The summed E-state index contributed by atoms with van der Waals surface area (Å²) < 4.78 is 27.0. The molecule has 2 amide bonds. The van der Waals surface area contributed by atoms with E-state index >= 15 is 0 Å². The van der Waals surface area contributed by atoms with E-state index in [4.69, 9.17) is 0 Å². The average molecular weight is 372 g/mol. The summed E-state index contributed by atoms with van der Waals surface area (Å²) in [5, 5.41) is 5.39. The zero-order valence-corrected chi connectivity index (χ0v) is 15.5. The number of nitrogens with one attached hydrogen (secondary N) is 2. The van der Waals surface area contributed by atoms with Crippen LogP contribution in [0.1, 0.15) is 39.2 Å². The van der Waals surface area contributed by atoms with Crippen LogP contribution in [0.15, 0.2) is 42.5 Å². The van der Waals surface area contributed by atoms with Crippen LogP contribution < -0.4 is 10.6 Å². The Balaban J connectivity index is 1.74. The normalized spacial score (nSPS) is 15.1. The monoisotopic (exact) mass is 372 g/mol. The van der Waals surface area contributed by atoms with Gasteiger partial charge in [-0.2, -0.15) is 0 Å². The van der Waals surface area contributed by atoms with Crippen molar-refractivity contribution < 1.29 is 18.4 Å². The SMILES string of the molecule is CC(C)(C)c1cc(NC(=O)C2(C(=O)Nc3ccc(F)cc3)CC2)ccc1F. The maximum absolute atomic E-state index is 14.0. The smallest absolute Gasteiger partial charge is 0.240 e. The largest absolute Gasteiger partial charge is 0.325 e. The van der Waals surface area contributed by atoms with E-state index in [2.05, 4.69) is 10.6 Å². The van der Waals surface area contributed by atoms with Crippen molar-refractivity contribution >= 4 is 23.2 Å². The molecular weight excluding hydrogens is 350 g/mol. The number of hydrogen-bond acceptors (Lipinski definition) is 2. The summed E-state index contributed by atoms with van der Waals surface area (Å²) in [6.45, 7) is 5.65. The third kappa shape index (κ3) is 3.99. The number of carbonyl (C=O) groups excluding carboxylic acids is 2. The van der Waals surface area contributed by atoms with Crippen LogP contribution in [0.5, 0.6) is 0 Å². The zero-order valence-electron chi connectivity index (χ0n) is 15.5. The molecule has 3 rings (SSSR count). The second-order valence-electron chi connectivity index (χ2n) is 7.94. The molecule has 6 heteroatoms. The number of rotatable bonds is 4. The Kier molecular flexibility index (Phi) is 4.76. The molecule has 0 unspecified atom stereocenters. The molecule has 4 nitrogen and oxygen atoms in total. The zero-order chi connectivity index (χ0) is 19.8. The first-order valence-corrected chi connectivity index (χ1v) is 8.80. The number of amides is 2. The van der Waals surface area contributed by atoms with E-state index in [-0.39, 0.29) is 5.82 Å². The third-order valence-electron chi connectivity index (χ3n) is 4.75. The van der Waals surface area contributed by atoms with E-state index in [1.54, 1.807) is 6.07 Å². The van der Waals surface area contributed by atoms with Crippen LogP contribution >= 0.6 is 0 Å². The van der Waals surface area contributed by atoms with Crippen LogP contribution in [-0.2, 0) is 15.0 Å². The van der Waals surface area contributed by atoms with Crippen molar-refractivity contribution in [2.75, 3.05) is 10.6 Å². The Bertz CT molecular complexity index is 882. The van der Waals surface area contributed by atoms with Gasteiger partial charge in [-0.3, -0.25) is 9.59 Å². The molecule has 2 aromatic carbocycles. The highest BCUT2D eigenvalue weighted by Gasteiger charge is 2.56. The van der Waals surface area contributed by atoms with Crippen LogP contribution in [0.2, 0.25) is 0 Å². The molecule has 1 saturated carbocycles. The number of hydrogen-bond donors (Lipinski definition) is 2. The first kappa shape index (κ1) is 19.0. The molecule has 1 aliphatic rings. The van der Waals surface area contributed by atoms with Gasteiger partial charge in [-0.25, -0.2) is 8.78 Å². The van der Waals surface area contributed by atoms with Crippen LogP contribution in [0.3, 0.4) is 0 Å². The van der Waals surface area contributed by atoms with Crippen molar-refractivity contribution in [2.45, 2.75) is 39.0 Å². The first-order valence-electron chi connectivity index (χ1n) is 8.80. The average Bonchev–Trinajstić information content (AvgIpc) is 3.39. The van der Waals surface area contributed by atoms with Gasteiger partial charge in [-0.15, -0.1) is 0 Å². The molecule has 0 aromatic heterocycles. The molecule has 2 N–H and O–H groups in total. The van der Waals surface area contributed by atoms with E-state index in [9.17, 15) is 18.4 Å². The van der Waals surface area contributed by atoms with Gasteiger partial charge in [-0.05, 0) is 66.3 Å². The summed E-state index contributed by atoms with van der Waals surface area (Å²) in [4.78, 5) is 25.3. The molecule has 0 saturated heterocycles. The predicted molar refractivity (Wildman–Crippen MR) is 100 cm³/mol. The van der Waals surface area contributed by atoms with Gasteiger partial charge in [0, 0.05) is 11.4 Å². The van der Waals surface area contributed by atoms with Gasteiger partial charge in [0.05, 0.1) is 0 Å². The summed E-state index contributed by atoms with van der Waals surface area (Å²) in [6.07, 6.45) is 0.859. The van der Waals surface area contributed by atoms with Crippen molar-refractivity contribution in [3.63, 3.8) is 0 Å². The lowest BCUT2D eigenvalue weighted by atomic mass is 9.86. The van der Waals surface area contributed by atoms with Crippen LogP contribution in [0.25, 0.3) is 0 Å². The Morgan fingerprint density at radius 3 is 1.93 bits per heavy atom. The highest BCUT2D eigenvalue weighted by atomic mass is 19.1.